The molecule has 0 amide bonds. The van der Waals surface area contributed by atoms with Crippen molar-refractivity contribution in [1.29, 1.82) is 0 Å². The molecule has 1 aliphatic heterocycles. The van der Waals surface area contributed by atoms with Gasteiger partial charge < -0.3 is 9.73 Å². The Bertz CT molecular complexity index is 593. The van der Waals surface area contributed by atoms with Crippen molar-refractivity contribution < 1.29 is 4.42 Å². The maximum Gasteiger partial charge on any atom is 0.247 e. The van der Waals surface area contributed by atoms with Gasteiger partial charge in [0, 0.05) is 30.7 Å². The Morgan fingerprint density at radius 2 is 2.00 bits per heavy atom. The third-order valence-corrected chi connectivity index (χ3v) is 4.31. The molecule has 5 nitrogen and oxygen atoms in total. The van der Waals surface area contributed by atoms with Crippen molar-refractivity contribution in [1.82, 2.24) is 20.4 Å². The monoisotopic (exact) mass is 284 g/mol. The smallest absolute Gasteiger partial charge is 0.247 e. The lowest BCUT2D eigenvalue weighted by Crippen LogP contribution is -2.32. The summed E-state index contributed by atoms with van der Waals surface area (Å²) < 4.78 is 5.72. The first kappa shape index (κ1) is 13.0. The molecule has 1 unspecified atom stereocenters. The van der Waals surface area contributed by atoms with Crippen LogP contribution in [0.5, 0.6) is 0 Å². The van der Waals surface area contributed by atoms with Gasteiger partial charge in [-0.3, -0.25) is 4.90 Å². The molecule has 1 aromatic carbocycles. The Labute approximate surface area is 124 Å². The van der Waals surface area contributed by atoms with Gasteiger partial charge in [-0.2, -0.15) is 0 Å². The molecule has 1 aromatic heterocycles. The Morgan fingerprint density at radius 3 is 2.81 bits per heavy atom. The van der Waals surface area contributed by atoms with Gasteiger partial charge in [-0.15, -0.1) is 10.2 Å². The number of nitrogens with one attached hydrogen (secondary N) is 1. The highest BCUT2D eigenvalue weighted by Gasteiger charge is 2.34. The molecule has 1 N–H and O–H groups in total. The van der Waals surface area contributed by atoms with Gasteiger partial charge >= 0.3 is 0 Å². The molecule has 110 valence electrons. The Balaban J connectivity index is 1.32. The first-order chi connectivity index (χ1) is 10.4. The molecular formula is C16H20N4O. The van der Waals surface area contributed by atoms with Crippen molar-refractivity contribution >= 4 is 0 Å². The van der Waals surface area contributed by atoms with Crippen LogP contribution >= 0.6 is 0 Å². The molecule has 2 aliphatic rings. The minimum atomic E-state index is 0.553. The average Bonchev–Trinajstić information content (AvgIpc) is 3.09. The van der Waals surface area contributed by atoms with Crippen molar-refractivity contribution in [2.75, 3.05) is 13.1 Å². The number of nitrogens with zero attached hydrogens (tertiary/aromatic N) is 3. The Hall–Kier alpha value is -1.72. The Kier molecular flexibility index (Phi) is 3.45. The minimum absolute atomic E-state index is 0.553. The summed E-state index contributed by atoms with van der Waals surface area (Å²) in [5, 5.41) is 11.8. The van der Waals surface area contributed by atoms with Crippen molar-refractivity contribution in [3.8, 4) is 11.5 Å². The first-order valence-electron chi connectivity index (χ1n) is 7.74. The number of benzene rings is 1. The summed E-state index contributed by atoms with van der Waals surface area (Å²) in [4.78, 5) is 2.60. The van der Waals surface area contributed by atoms with E-state index in [4.69, 9.17) is 4.42 Å². The standard InChI is InChI=1S/C16H20N4O/c1-2-4-12(5-3-1)16-19-18-15(21-16)10-17-13-8-9-20(11-13)14-6-7-14/h1-5,13-14,17H,6-11H2. The molecule has 0 radical (unpaired) electrons. The lowest BCUT2D eigenvalue weighted by Gasteiger charge is -2.14. The molecule has 0 bridgehead atoms. The fraction of sp³-hybridized carbons (Fsp3) is 0.500. The second-order valence-electron chi connectivity index (χ2n) is 5.96. The largest absolute Gasteiger partial charge is 0.419 e. The van der Waals surface area contributed by atoms with Crippen LogP contribution in [-0.4, -0.2) is 40.3 Å². The van der Waals surface area contributed by atoms with E-state index in [0.29, 0.717) is 24.4 Å². The second-order valence-corrected chi connectivity index (χ2v) is 5.96. The van der Waals surface area contributed by atoms with E-state index in [1.165, 1.54) is 25.8 Å². The molecule has 1 saturated carbocycles. The molecule has 1 saturated heterocycles. The number of rotatable bonds is 5. The maximum absolute atomic E-state index is 5.72. The van der Waals surface area contributed by atoms with Crippen molar-refractivity contribution in [3.63, 3.8) is 0 Å². The third-order valence-electron chi connectivity index (χ3n) is 4.31. The summed E-state index contributed by atoms with van der Waals surface area (Å²) >= 11 is 0. The number of aromatic nitrogens is 2. The van der Waals surface area contributed by atoms with E-state index in [1.807, 2.05) is 30.3 Å². The van der Waals surface area contributed by atoms with Crippen LogP contribution < -0.4 is 5.32 Å². The summed E-state index contributed by atoms with van der Waals surface area (Å²) in [5.74, 6) is 1.26. The van der Waals surface area contributed by atoms with Gasteiger partial charge in [-0.25, -0.2) is 0 Å². The fourth-order valence-electron chi connectivity index (χ4n) is 2.98. The molecule has 1 atom stereocenters. The van der Waals surface area contributed by atoms with Crippen LogP contribution in [0.2, 0.25) is 0 Å². The van der Waals surface area contributed by atoms with Crippen LogP contribution in [0.1, 0.15) is 25.2 Å². The van der Waals surface area contributed by atoms with Crippen LogP contribution in [0.3, 0.4) is 0 Å². The molecule has 2 aromatic rings. The molecular weight excluding hydrogens is 264 g/mol. The lowest BCUT2D eigenvalue weighted by molar-refractivity contribution is 0.315. The summed E-state index contributed by atoms with van der Waals surface area (Å²) in [6, 6.07) is 11.3. The highest BCUT2D eigenvalue weighted by molar-refractivity contribution is 5.51. The topological polar surface area (TPSA) is 54.2 Å². The Morgan fingerprint density at radius 1 is 1.14 bits per heavy atom. The van der Waals surface area contributed by atoms with Gasteiger partial charge in [0.25, 0.3) is 0 Å². The number of hydrogen-bond donors (Lipinski definition) is 1. The molecule has 1 aliphatic carbocycles. The van der Waals surface area contributed by atoms with Crippen LogP contribution in [-0.2, 0) is 6.54 Å². The van der Waals surface area contributed by atoms with Crippen LogP contribution in [0, 0.1) is 0 Å². The third kappa shape index (κ3) is 2.99. The van der Waals surface area contributed by atoms with E-state index >= 15 is 0 Å². The lowest BCUT2D eigenvalue weighted by atomic mass is 10.2. The molecule has 2 fully saturated rings. The van der Waals surface area contributed by atoms with E-state index in [0.717, 1.165) is 18.2 Å². The van der Waals surface area contributed by atoms with E-state index in [-0.39, 0.29) is 0 Å². The van der Waals surface area contributed by atoms with Gasteiger partial charge in [-0.1, -0.05) is 18.2 Å². The molecule has 4 rings (SSSR count). The average molecular weight is 284 g/mol. The van der Waals surface area contributed by atoms with Gasteiger partial charge in [0.15, 0.2) is 0 Å². The molecule has 2 heterocycles. The minimum Gasteiger partial charge on any atom is -0.419 e. The number of likely N-dealkylation sites (tertiary alicyclic amines) is 1. The van der Waals surface area contributed by atoms with Crippen molar-refractivity contribution in [2.24, 2.45) is 0 Å². The first-order valence-corrected chi connectivity index (χ1v) is 7.74. The summed E-state index contributed by atoms with van der Waals surface area (Å²) in [6.07, 6.45) is 3.99. The van der Waals surface area contributed by atoms with Crippen LogP contribution in [0.25, 0.3) is 11.5 Å². The summed E-state index contributed by atoms with van der Waals surface area (Å²) in [5.41, 5.74) is 0.969. The quantitative estimate of drug-likeness (QED) is 0.911. The van der Waals surface area contributed by atoms with Gasteiger partial charge in [0.05, 0.1) is 6.54 Å². The SMILES string of the molecule is c1ccc(-c2nnc(CNC3CCN(C4CC4)C3)o2)cc1. The highest BCUT2D eigenvalue weighted by atomic mass is 16.4. The van der Waals surface area contributed by atoms with Gasteiger partial charge in [0.2, 0.25) is 11.8 Å². The van der Waals surface area contributed by atoms with E-state index in [2.05, 4.69) is 20.4 Å². The maximum atomic E-state index is 5.72. The normalized spacial score (nSPS) is 22.8. The van der Waals surface area contributed by atoms with Crippen LogP contribution in [0.4, 0.5) is 0 Å². The summed E-state index contributed by atoms with van der Waals surface area (Å²) in [6.45, 7) is 3.04. The van der Waals surface area contributed by atoms with Gasteiger partial charge in [0.1, 0.15) is 0 Å². The summed E-state index contributed by atoms with van der Waals surface area (Å²) in [7, 11) is 0. The highest BCUT2D eigenvalue weighted by Crippen LogP contribution is 2.29. The number of hydrogen-bond acceptors (Lipinski definition) is 5. The molecule has 5 heteroatoms. The van der Waals surface area contributed by atoms with Crippen LogP contribution in [0.15, 0.2) is 34.7 Å². The zero-order chi connectivity index (χ0) is 14.1. The molecule has 21 heavy (non-hydrogen) atoms. The zero-order valence-electron chi connectivity index (χ0n) is 12.0. The van der Waals surface area contributed by atoms with Gasteiger partial charge in [-0.05, 0) is 31.4 Å². The van der Waals surface area contributed by atoms with Crippen molar-refractivity contribution in [2.45, 2.75) is 37.9 Å². The van der Waals surface area contributed by atoms with E-state index in [9.17, 15) is 0 Å². The van der Waals surface area contributed by atoms with E-state index < -0.39 is 0 Å². The predicted octanol–water partition coefficient (Wildman–Crippen LogP) is 2.06. The molecule has 0 spiro atoms. The van der Waals surface area contributed by atoms with Crippen molar-refractivity contribution in [3.05, 3.63) is 36.2 Å². The predicted molar refractivity (Wildman–Crippen MR) is 79.6 cm³/mol. The second kappa shape index (κ2) is 5.58. The fourth-order valence-corrected chi connectivity index (χ4v) is 2.98. The van der Waals surface area contributed by atoms with E-state index in [1.54, 1.807) is 0 Å². The zero-order valence-corrected chi connectivity index (χ0v) is 12.0.